The summed E-state index contributed by atoms with van der Waals surface area (Å²) in [6, 6.07) is 7.54. The van der Waals surface area contributed by atoms with Crippen LogP contribution in [0.1, 0.15) is 25.8 Å². The molecule has 4 rings (SSSR count). The summed E-state index contributed by atoms with van der Waals surface area (Å²) in [7, 11) is 3.12. The molecule has 0 unspecified atom stereocenters. The zero-order chi connectivity index (χ0) is 26.7. The topological polar surface area (TPSA) is 89.6 Å². The summed E-state index contributed by atoms with van der Waals surface area (Å²) in [4.78, 5) is 34.9. The molecule has 3 aromatic rings. The fourth-order valence-electron chi connectivity index (χ4n) is 4.43. The minimum absolute atomic E-state index is 0.227. The third kappa shape index (κ3) is 5.83. The summed E-state index contributed by atoms with van der Waals surface area (Å²) in [5.41, 5.74) is 0.813. The molecule has 2 aromatic heterocycles. The molecule has 0 saturated carbocycles. The van der Waals surface area contributed by atoms with Crippen molar-refractivity contribution in [3.63, 3.8) is 0 Å². The number of hydrogen-bond donors (Lipinski definition) is 1. The standard InChI is InChI=1S/C25H34ClN7O3S/c1-17(2)36-15-7-10-27-24(37)32-13-11-31(12-14-32)23-28-21-20(22(34)30(4)25(35)29(21)3)33(23)16-18-8-5-6-9-19(18)26/h5-6,8-9,17H,7,10-16H2,1-4H3,(H,27,37). The summed E-state index contributed by atoms with van der Waals surface area (Å²) in [5.74, 6) is 0.637. The second-order valence-corrected chi connectivity index (χ2v) is 10.2. The van der Waals surface area contributed by atoms with E-state index in [1.165, 1.54) is 11.6 Å². The molecule has 0 atom stereocenters. The van der Waals surface area contributed by atoms with Gasteiger partial charge in [-0.3, -0.25) is 18.5 Å². The first-order valence-electron chi connectivity index (χ1n) is 12.5. The molecular weight excluding hydrogens is 514 g/mol. The lowest BCUT2D eigenvalue weighted by Gasteiger charge is -2.36. The van der Waals surface area contributed by atoms with Gasteiger partial charge in [-0.1, -0.05) is 29.8 Å². The zero-order valence-electron chi connectivity index (χ0n) is 21.7. The lowest BCUT2D eigenvalue weighted by Crippen LogP contribution is -2.52. The number of halogens is 1. The second-order valence-electron chi connectivity index (χ2n) is 9.45. The number of aryl methyl sites for hydroxylation is 1. The number of piperazine rings is 1. The molecule has 0 radical (unpaired) electrons. The highest BCUT2D eigenvalue weighted by Crippen LogP contribution is 2.25. The van der Waals surface area contributed by atoms with Crippen LogP contribution in [-0.4, -0.2) is 74.1 Å². The van der Waals surface area contributed by atoms with Gasteiger partial charge in [0.2, 0.25) is 5.95 Å². The maximum atomic E-state index is 13.2. The molecule has 1 fully saturated rings. The van der Waals surface area contributed by atoms with E-state index in [-0.39, 0.29) is 11.7 Å². The van der Waals surface area contributed by atoms with Gasteiger partial charge in [0.15, 0.2) is 16.3 Å². The smallest absolute Gasteiger partial charge is 0.332 e. The number of aromatic nitrogens is 4. The van der Waals surface area contributed by atoms with Crippen LogP contribution in [0.15, 0.2) is 33.9 Å². The van der Waals surface area contributed by atoms with Crippen molar-refractivity contribution in [3.05, 3.63) is 55.7 Å². The van der Waals surface area contributed by atoms with E-state index in [1.807, 2.05) is 42.7 Å². The average Bonchev–Trinajstić information content (AvgIpc) is 3.26. The Balaban J connectivity index is 1.56. The molecule has 0 amide bonds. The first-order valence-corrected chi connectivity index (χ1v) is 13.3. The molecule has 10 nitrogen and oxygen atoms in total. The first kappa shape index (κ1) is 27.2. The number of benzene rings is 1. The Morgan fingerprint density at radius 3 is 2.51 bits per heavy atom. The van der Waals surface area contributed by atoms with Gasteiger partial charge in [-0.15, -0.1) is 0 Å². The number of nitrogens with one attached hydrogen (secondary N) is 1. The van der Waals surface area contributed by atoms with Crippen molar-refractivity contribution in [2.45, 2.75) is 32.9 Å². The van der Waals surface area contributed by atoms with E-state index in [0.717, 1.165) is 28.2 Å². The maximum absolute atomic E-state index is 13.2. The van der Waals surface area contributed by atoms with E-state index in [4.69, 9.17) is 33.5 Å². The molecule has 3 heterocycles. The number of anilines is 1. The Bertz CT molecular complexity index is 1390. The van der Waals surface area contributed by atoms with Crippen LogP contribution < -0.4 is 21.5 Å². The van der Waals surface area contributed by atoms with Crippen molar-refractivity contribution in [1.82, 2.24) is 28.9 Å². The summed E-state index contributed by atoms with van der Waals surface area (Å²) >= 11 is 12.1. The highest BCUT2D eigenvalue weighted by Gasteiger charge is 2.26. The molecule has 37 heavy (non-hydrogen) atoms. The Kier molecular flexibility index (Phi) is 8.56. The lowest BCUT2D eigenvalue weighted by molar-refractivity contribution is 0.0776. The normalized spacial score (nSPS) is 14.1. The maximum Gasteiger partial charge on any atom is 0.332 e. The van der Waals surface area contributed by atoms with Crippen LogP contribution in [0.2, 0.25) is 5.02 Å². The number of hydrogen-bond acceptors (Lipinski definition) is 6. The van der Waals surface area contributed by atoms with E-state index in [2.05, 4.69) is 15.1 Å². The largest absolute Gasteiger partial charge is 0.379 e. The van der Waals surface area contributed by atoms with Crippen molar-refractivity contribution in [2.24, 2.45) is 14.1 Å². The first-order chi connectivity index (χ1) is 17.7. The molecule has 1 N–H and O–H groups in total. The Morgan fingerprint density at radius 1 is 1.14 bits per heavy atom. The zero-order valence-corrected chi connectivity index (χ0v) is 23.3. The van der Waals surface area contributed by atoms with Crippen LogP contribution in [0.3, 0.4) is 0 Å². The molecular formula is C25H34ClN7O3S. The molecule has 0 spiro atoms. The van der Waals surface area contributed by atoms with Crippen molar-refractivity contribution in [1.29, 1.82) is 0 Å². The van der Waals surface area contributed by atoms with Crippen LogP contribution in [0.5, 0.6) is 0 Å². The second kappa shape index (κ2) is 11.7. The predicted octanol–water partition coefficient (Wildman–Crippen LogP) is 1.95. The van der Waals surface area contributed by atoms with E-state index >= 15 is 0 Å². The van der Waals surface area contributed by atoms with E-state index < -0.39 is 5.69 Å². The number of thiocarbonyl (C=S) groups is 1. The molecule has 0 bridgehead atoms. The van der Waals surface area contributed by atoms with Gasteiger partial charge in [-0.25, -0.2) is 4.79 Å². The highest BCUT2D eigenvalue weighted by molar-refractivity contribution is 7.80. The van der Waals surface area contributed by atoms with Crippen LogP contribution in [0, 0.1) is 0 Å². The van der Waals surface area contributed by atoms with E-state index in [1.54, 1.807) is 7.05 Å². The number of rotatable bonds is 8. The highest BCUT2D eigenvalue weighted by atomic mass is 35.5. The molecule has 200 valence electrons. The molecule has 0 aliphatic carbocycles. The Morgan fingerprint density at radius 2 is 1.84 bits per heavy atom. The fourth-order valence-corrected chi connectivity index (χ4v) is 4.91. The number of ether oxygens (including phenoxy) is 1. The van der Waals surface area contributed by atoms with Gasteiger partial charge >= 0.3 is 5.69 Å². The summed E-state index contributed by atoms with van der Waals surface area (Å²) in [6.07, 6.45) is 1.11. The van der Waals surface area contributed by atoms with Crippen LogP contribution >= 0.6 is 23.8 Å². The van der Waals surface area contributed by atoms with Crippen molar-refractivity contribution >= 4 is 46.0 Å². The van der Waals surface area contributed by atoms with Crippen molar-refractivity contribution in [2.75, 3.05) is 44.2 Å². The van der Waals surface area contributed by atoms with Gasteiger partial charge < -0.3 is 19.9 Å². The number of fused-ring (bicyclic) bond motifs is 1. The Labute approximate surface area is 226 Å². The monoisotopic (exact) mass is 547 g/mol. The van der Waals surface area contributed by atoms with E-state index in [0.29, 0.717) is 61.5 Å². The SMILES string of the molecule is CC(C)OCCCNC(=S)N1CCN(c2nc3c(c(=O)n(C)c(=O)n3C)n2Cc2ccccc2Cl)CC1. The van der Waals surface area contributed by atoms with Gasteiger partial charge in [0.05, 0.1) is 12.6 Å². The van der Waals surface area contributed by atoms with Gasteiger partial charge in [0.1, 0.15) is 0 Å². The summed E-state index contributed by atoms with van der Waals surface area (Å²) in [6.45, 7) is 8.62. The molecule has 1 aromatic carbocycles. The van der Waals surface area contributed by atoms with Crippen molar-refractivity contribution in [3.8, 4) is 0 Å². The van der Waals surface area contributed by atoms with Crippen molar-refractivity contribution < 1.29 is 4.74 Å². The molecule has 12 heteroatoms. The summed E-state index contributed by atoms with van der Waals surface area (Å²) in [5, 5.41) is 4.66. The lowest BCUT2D eigenvalue weighted by atomic mass is 10.2. The predicted molar refractivity (Wildman–Crippen MR) is 151 cm³/mol. The Hall–Kier alpha value is -2.89. The molecule has 1 aliphatic heterocycles. The minimum Gasteiger partial charge on any atom is -0.379 e. The number of imidazole rings is 1. The fraction of sp³-hybridized carbons (Fsp3) is 0.520. The minimum atomic E-state index is -0.411. The summed E-state index contributed by atoms with van der Waals surface area (Å²) < 4.78 is 9.99. The van der Waals surface area contributed by atoms with Crippen LogP contribution in [0.4, 0.5) is 5.95 Å². The van der Waals surface area contributed by atoms with Gasteiger partial charge in [-0.05, 0) is 44.1 Å². The van der Waals surface area contributed by atoms with Gasteiger partial charge in [0.25, 0.3) is 5.56 Å². The van der Waals surface area contributed by atoms with E-state index in [9.17, 15) is 9.59 Å². The van der Waals surface area contributed by atoms with Gasteiger partial charge in [-0.2, -0.15) is 4.98 Å². The molecule has 1 saturated heterocycles. The number of nitrogens with zero attached hydrogens (tertiary/aromatic N) is 6. The van der Waals surface area contributed by atoms with Crippen LogP contribution in [-0.2, 0) is 25.4 Å². The quantitative estimate of drug-likeness (QED) is 0.338. The van der Waals surface area contributed by atoms with Gasteiger partial charge in [0, 0.05) is 58.4 Å². The van der Waals surface area contributed by atoms with Crippen LogP contribution in [0.25, 0.3) is 11.2 Å². The average molecular weight is 548 g/mol. The third-order valence-corrected chi connectivity index (χ3v) is 7.28. The third-order valence-electron chi connectivity index (χ3n) is 6.51. The molecule has 1 aliphatic rings.